The van der Waals surface area contributed by atoms with Gasteiger partial charge in [-0.05, 0) is 36.8 Å². The molecule has 0 aliphatic heterocycles. The van der Waals surface area contributed by atoms with Gasteiger partial charge in [0.05, 0.1) is 10.9 Å². The van der Waals surface area contributed by atoms with Crippen LogP contribution in [0.15, 0.2) is 53.3 Å². The first-order valence-corrected chi connectivity index (χ1v) is 8.07. The normalized spacial score (nSPS) is 10.7. The minimum atomic E-state index is -0.525. The van der Waals surface area contributed by atoms with E-state index in [-0.39, 0.29) is 24.6 Å². The molecule has 26 heavy (non-hydrogen) atoms. The maximum atomic E-state index is 12.6. The van der Waals surface area contributed by atoms with Crippen LogP contribution in [-0.4, -0.2) is 21.4 Å². The van der Waals surface area contributed by atoms with E-state index in [4.69, 9.17) is 5.73 Å². The summed E-state index contributed by atoms with van der Waals surface area (Å²) in [6, 6.07) is 13.7. The van der Waals surface area contributed by atoms with Crippen LogP contribution in [0.3, 0.4) is 0 Å². The van der Waals surface area contributed by atoms with E-state index >= 15 is 0 Å². The number of hydrogen-bond donors (Lipinski definition) is 2. The van der Waals surface area contributed by atoms with E-state index in [0.29, 0.717) is 22.3 Å². The fourth-order valence-corrected chi connectivity index (χ4v) is 2.70. The summed E-state index contributed by atoms with van der Waals surface area (Å²) in [5, 5.41) is 3.21. The number of nitrogens with zero attached hydrogens (tertiary/aromatic N) is 2. The zero-order valence-corrected chi connectivity index (χ0v) is 14.2. The smallest absolute Gasteiger partial charge is 0.261 e. The molecule has 0 fully saturated rings. The number of nitrogens with two attached hydrogens (primary N) is 1. The quantitative estimate of drug-likeness (QED) is 0.719. The summed E-state index contributed by atoms with van der Waals surface area (Å²) in [4.78, 5) is 40.4. The Hall–Kier alpha value is -3.48. The number of aryl methyl sites for hydroxylation is 1. The Morgan fingerprint density at radius 1 is 1.15 bits per heavy atom. The Labute approximate surface area is 149 Å². The third-order valence-corrected chi connectivity index (χ3v) is 4.06. The molecule has 2 amide bonds. The number of benzene rings is 2. The summed E-state index contributed by atoms with van der Waals surface area (Å²) in [6.45, 7) is 1.80. The summed E-state index contributed by atoms with van der Waals surface area (Å²) < 4.78 is 1.34. The number of rotatable bonds is 5. The molecule has 0 saturated heterocycles. The summed E-state index contributed by atoms with van der Waals surface area (Å²) in [5.41, 5.74) is 6.73. The summed E-state index contributed by atoms with van der Waals surface area (Å²) in [7, 11) is 0. The van der Waals surface area contributed by atoms with Gasteiger partial charge in [-0.25, -0.2) is 4.98 Å². The SMILES string of the molecule is Cc1nc2ccccc2c(=O)n1CC(=O)NCc1cccc(C(N)=O)c1. The lowest BCUT2D eigenvalue weighted by Gasteiger charge is -2.11. The highest BCUT2D eigenvalue weighted by Gasteiger charge is 2.11. The molecule has 0 unspecified atom stereocenters. The van der Waals surface area contributed by atoms with Crippen LogP contribution in [0.4, 0.5) is 0 Å². The maximum absolute atomic E-state index is 12.6. The van der Waals surface area contributed by atoms with E-state index < -0.39 is 5.91 Å². The average Bonchev–Trinajstić information content (AvgIpc) is 2.63. The highest BCUT2D eigenvalue weighted by Crippen LogP contribution is 2.07. The minimum absolute atomic E-state index is 0.127. The number of aromatic nitrogens is 2. The van der Waals surface area contributed by atoms with Crippen LogP contribution < -0.4 is 16.6 Å². The molecular weight excluding hydrogens is 332 g/mol. The highest BCUT2D eigenvalue weighted by molar-refractivity contribution is 5.92. The largest absolute Gasteiger partial charge is 0.366 e. The van der Waals surface area contributed by atoms with Gasteiger partial charge in [-0.15, -0.1) is 0 Å². The zero-order valence-electron chi connectivity index (χ0n) is 14.2. The minimum Gasteiger partial charge on any atom is -0.366 e. The summed E-state index contributed by atoms with van der Waals surface area (Å²) in [6.07, 6.45) is 0. The Morgan fingerprint density at radius 3 is 2.69 bits per heavy atom. The Bertz CT molecular complexity index is 1060. The van der Waals surface area contributed by atoms with Gasteiger partial charge in [-0.1, -0.05) is 24.3 Å². The van der Waals surface area contributed by atoms with Crippen molar-refractivity contribution in [2.24, 2.45) is 5.73 Å². The molecule has 0 bridgehead atoms. The molecule has 1 aromatic heterocycles. The second-order valence-electron chi connectivity index (χ2n) is 5.91. The number of nitrogens with one attached hydrogen (secondary N) is 1. The predicted octanol–water partition coefficient (Wildman–Crippen LogP) is 1.12. The van der Waals surface area contributed by atoms with Crippen molar-refractivity contribution in [3.05, 3.63) is 75.8 Å². The van der Waals surface area contributed by atoms with Crippen molar-refractivity contribution in [1.29, 1.82) is 0 Å². The van der Waals surface area contributed by atoms with Gasteiger partial charge in [-0.2, -0.15) is 0 Å². The van der Waals surface area contributed by atoms with Crippen molar-refractivity contribution in [2.45, 2.75) is 20.0 Å². The monoisotopic (exact) mass is 350 g/mol. The molecule has 0 atom stereocenters. The predicted molar refractivity (Wildman–Crippen MR) is 97.5 cm³/mol. The molecule has 7 nitrogen and oxygen atoms in total. The molecule has 3 N–H and O–H groups in total. The van der Waals surface area contributed by atoms with E-state index in [1.807, 2.05) is 6.07 Å². The van der Waals surface area contributed by atoms with Crippen LogP contribution in [0, 0.1) is 6.92 Å². The number of hydrogen-bond acceptors (Lipinski definition) is 4. The van der Waals surface area contributed by atoms with Gasteiger partial charge in [0, 0.05) is 12.1 Å². The first-order valence-electron chi connectivity index (χ1n) is 8.07. The number of para-hydroxylation sites is 1. The van der Waals surface area contributed by atoms with Gasteiger partial charge >= 0.3 is 0 Å². The molecule has 132 valence electrons. The molecule has 0 aliphatic carbocycles. The molecule has 1 heterocycles. The first-order chi connectivity index (χ1) is 12.5. The van der Waals surface area contributed by atoms with E-state index in [1.165, 1.54) is 4.57 Å². The molecule has 0 aliphatic rings. The van der Waals surface area contributed by atoms with Crippen molar-refractivity contribution >= 4 is 22.7 Å². The zero-order chi connectivity index (χ0) is 18.7. The van der Waals surface area contributed by atoms with E-state index in [1.54, 1.807) is 49.4 Å². The van der Waals surface area contributed by atoms with Gasteiger partial charge in [-0.3, -0.25) is 19.0 Å². The van der Waals surface area contributed by atoms with E-state index in [9.17, 15) is 14.4 Å². The third kappa shape index (κ3) is 3.61. The number of carbonyl (C=O) groups excluding carboxylic acids is 2. The summed E-state index contributed by atoms with van der Waals surface area (Å²) in [5.74, 6) is -0.376. The fourth-order valence-electron chi connectivity index (χ4n) is 2.70. The van der Waals surface area contributed by atoms with Gasteiger partial charge in [0.15, 0.2) is 0 Å². The molecule has 3 rings (SSSR count). The standard InChI is InChI=1S/C19H18N4O3/c1-12-22-16-8-3-2-7-15(16)19(26)23(12)11-17(24)21-10-13-5-4-6-14(9-13)18(20)25/h2-9H,10-11H2,1H3,(H2,20,25)(H,21,24). The molecule has 3 aromatic rings. The Kier molecular flexibility index (Phi) is 4.79. The number of fused-ring (bicyclic) bond motifs is 1. The average molecular weight is 350 g/mol. The first kappa shape index (κ1) is 17.3. The van der Waals surface area contributed by atoms with E-state index in [0.717, 1.165) is 5.56 Å². The van der Waals surface area contributed by atoms with Gasteiger partial charge in [0.2, 0.25) is 11.8 Å². The van der Waals surface area contributed by atoms with Crippen LogP contribution in [0.1, 0.15) is 21.7 Å². The third-order valence-electron chi connectivity index (χ3n) is 4.06. The topological polar surface area (TPSA) is 107 Å². The molecular formula is C19H18N4O3. The molecule has 0 spiro atoms. The number of amides is 2. The van der Waals surface area contributed by atoms with Crippen molar-refractivity contribution in [3.8, 4) is 0 Å². The van der Waals surface area contributed by atoms with Crippen molar-refractivity contribution in [2.75, 3.05) is 0 Å². The van der Waals surface area contributed by atoms with Gasteiger partial charge < -0.3 is 11.1 Å². The fraction of sp³-hybridized carbons (Fsp3) is 0.158. The maximum Gasteiger partial charge on any atom is 0.261 e. The second-order valence-corrected chi connectivity index (χ2v) is 5.91. The second kappa shape index (κ2) is 7.18. The van der Waals surface area contributed by atoms with Crippen molar-refractivity contribution < 1.29 is 9.59 Å². The van der Waals surface area contributed by atoms with E-state index in [2.05, 4.69) is 10.3 Å². The molecule has 0 radical (unpaired) electrons. The number of primary amides is 1. The lowest BCUT2D eigenvalue weighted by atomic mass is 10.1. The van der Waals surface area contributed by atoms with Crippen LogP contribution in [0.5, 0.6) is 0 Å². The van der Waals surface area contributed by atoms with Crippen LogP contribution in [-0.2, 0) is 17.9 Å². The Morgan fingerprint density at radius 2 is 1.92 bits per heavy atom. The Balaban J connectivity index is 1.75. The van der Waals surface area contributed by atoms with Crippen molar-refractivity contribution in [1.82, 2.24) is 14.9 Å². The molecule has 0 saturated carbocycles. The van der Waals surface area contributed by atoms with Gasteiger partial charge in [0.25, 0.3) is 5.56 Å². The lowest BCUT2D eigenvalue weighted by Crippen LogP contribution is -2.33. The van der Waals surface area contributed by atoms with Crippen LogP contribution >= 0.6 is 0 Å². The van der Waals surface area contributed by atoms with Crippen LogP contribution in [0.25, 0.3) is 10.9 Å². The van der Waals surface area contributed by atoms with Gasteiger partial charge in [0.1, 0.15) is 12.4 Å². The molecule has 2 aromatic carbocycles. The summed E-state index contributed by atoms with van der Waals surface area (Å²) >= 11 is 0. The lowest BCUT2D eigenvalue weighted by molar-refractivity contribution is -0.121. The van der Waals surface area contributed by atoms with Crippen LogP contribution in [0.2, 0.25) is 0 Å². The number of carbonyl (C=O) groups is 2. The highest BCUT2D eigenvalue weighted by atomic mass is 16.2. The molecule has 7 heteroatoms. The van der Waals surface area contributed by atoms with Crippen molar-refractivity contribution in [3.63, 3.8) is 0 Å².